The molecular weight excluding hydrogens is 390 g/mol. The number of thiocarbonyl (C=S) groups is 1. The molecule has 6 nitrogen and oxygen atoms in total. The molecule has 0 aliphatic carbocycles. The third kappa shape index (κ3) is 5.17. The van der Waals surface area contributed by atoms with Crippen molar-refractivity contribution in [1.82, 2.24) is 10.2 Å². The molecule has 0 saturated carbocycles. The summed E-state index contributed by atoms with van der Waals surface area (Å²) in [6, 6.07) is 5.53. The van der Waals surface area contributed by atoms with Crippen molar-refractivity contribution >= 4 is 23.3 Å². The van der Waals surface area contributed by atoms with E-state index in [2.05, 4.69) is 10.1 Å². The summed E-state index contributed by atoms with van der Waals surface area (Å²) >= 11 is 5.44. The molecule has 2 rings (SSSR count). The number of benzene rings is 1. The van der Waals surface area contributed by atoms with E-state index in [-0.39, 0.29) is 19.0 Å². The fourth-order valence-electron chi connectivity index (χ4n) is 2.99. The van der Waals surface area contributed by atoms with Crippen LogP contribution in [0.3, 0.4) is 0 Å². The van der Waals surface area contributed by atoms with Gasteiger partial charge in [-0.3, -0.25) is 0 Å². The summed E-state index contributed by atoms with van der Waals surface area (Å²) in [4.78, 5) is 14.6. The molecule has 0 bridgehead atoms. The highest BCUT2D eigenvalue weighted by Gasteiger charge is 2.36. The zero-order valence-corrected chi connectivity index (χ0v) is 16.9. The van der Waals surface area contributed by atoms with Crippen LogP contribution in [0.25, 0.3) is 0 Å². The van der Waals surface area contributed by atoms with Crippen molar-refractivity contribution in [3.8, 4) is 5.75 Å². The predicted molar refractivity (Wildman–Crippen MR) is 104 cm³/mol. The Morgan fingerprint density at radius 2 is 2.04 bits per heavy atom. The summed E-state index contributed by atoms with van der Waals surface area (Å²) in [6.07, 6.45) is 0.806. The first-order chi connectivity index (χ1) is 13.4. The van der Waals surface area contributed by atoms with Crippen LogP contribution < -0.4 is 10.1 Å². The van der Waals surface area contributed by atoms with Gasteiger partial charge in [-0.1, -0.05) is 25.1 Å². The molecule has 0 fully saturated rings. The smallest absolute Gasteiger partial charge is 0.387 e. The second-order valence-electron chi connectivity index (χ2n) is 6.08. The molecule has 1 aromatic carbocycles. The van der Waals surface area contributed by atoms with Crippen LogP contribution in [0, 0.1) is 0 Å². The van der Waals surface area contributed by atoms with Crippen LogP contribution >= 0.6 is 12.2 Å². The molecule has 0 saturated heterocycles. The van der Waals surface area contributed by atoms with E-state index >= 15 is 0 Å². The predicted octanol–water partition coefficient (Wildman–Crippen LogP) is 3.39. The Labute approximate surface area is 168 Å². The lowest BCUT2D eigenvalue weighted by Gasteiger charge is -2.37. The van der Waals surface area contributed by atoms with Gasteiger partial charge < -0.3 is 24.4 Å². The number of nitrogens with one attached hydrogen (secondary N) is 1. The number of methoxy groups -OCH3 is 1. The molecule has 0 unspecified atom stereocenters. The lowest BCUT2D eigenvalue weighted by atomic mass is 9.94. The maximum Gasteiger partial charge on any atom is 0.387 e. The van der Waals surface area contributed by atoms with E-state index in [1.54, 1.807) is 30.0 Å². The summed E-state index contributed by atoms with van der Waals surface area (Å²) < 4.78 is 40.6. The van der Waals surface area contributed by atoms with Gasteiger partial charge in [-0.2, -0.15) is 8.78 Å². The van der Waals surface area contributed by atoms with Gasteiger partial charge in [0, 0.05) is 24.9 Å². The van der Waals surface area contributed by atoms with E-state index in [0.717, 1.165) is 6.42 Å². The molecule has 0 spiro atoms. The molecule has 28 heavy (non-hydrogen) atoms. The normalized spacial score (nSPS) is 17.0. The van der Waals surface area contributed by atoms with Gasteiger partial charge >= 0.3 is 12.6 Å². The first kappa shape index (κ1) is 22.0. The molecular formula is C19H24F2N2O4S. The van der Waals surface area contributed by atoms with Crippen molar-refractivity contribution in [3.05, 3.63) is 41.1 Å². The number of rotatable bonds is 9. The molecule has 0 aromatic heterocycles. The third-order valence-corrected chi connectivity index (χ3v) is 4.57. The molecule has 1 aromatic rings. The molecule has 1 heterocycles. The molecule has 0 amide bonds. The monoisotopic (exact) mass is 414 g/mol. The van der Waals surface area contributed by atoms with Gasteiger partial charge in [-0.25, -0.2) is 4.79 Å². The van der Waals surface area contributed by atoms with E-state index < -0.39 is 18.6 Å². The number of esters is 1. The highest BCUT2D eigenvalue weighted by atomic mass is 32.1. The number of carbonyl (C=O) groups is 1. The number of alkyl halides is 2. The number of hydrogen-bond acceptors (Lipinski definition) is 5. The van der Waals surface area contributed by atoms with Gasteiger partial charge in [0.1, 0.15) is 12.4 Å². The average molecular weight is 414 g/mol. The van der Waals surface area contributed by atoms with Gasteiger partial charge in [0.15, 0.2) is 5.11 Å². The van der Waals surface area contributed by atoms with Gasteiger partial charge in [-0.15, -0.1) is 0 Å². The van der Waals surface area contributed by atoms with E-state index in [4.69, 9.17) is 21.7 Å². The minimum atomic E-state index is -2.99. The summed E-state index contributed by atoms with van der Waals surface area (Å²) in [7, 11) is 1.50. The summed E-state index contributed by atoms with van der Waals surface area (Å²) in [6.45, 7) is 1.69. The maximum atomic E-state index is 12.9. The Hall–Kier alpha value is -2.26. The van der Waals surface area contributed by atoms with Crippen molar-refractivity contribution in [1.29, 1.82) is 0 Å². The number of para-hydroxylation sites is 1. The van der Waals surface area contributed by atoms with Crippen molar-refractivity contribution in [2.45, 2.75) is 32.9 Å². The second-order valence-corrected chi connectivity index (χ2v) is 6.46. The SMILES string of the molecule is CCCN1C(=S)N[C@@H](c2ccccc2OC(F)F)C(C(=O)OCCOC)=C1C. The molecule has 9 heteroatoms. The van der Waals surface area contributed by atoms with Gasteiger partial charge in [0.25, 0.3) is 0 Å². The van der Waals surface area contributed by atoms with Crippen LogP contribution in [0.5, 0.6) is 5.75 Å². The highest BCUT2D eigenvalue weighted by molar-refractivity contribution is 7.80. The number of carbonyl (C=O) groups excluding carboxylic acids is 1. The zero-order chi connectivity index (χ0) is 20.7. The minimum absolute atomic E-state index is 0.0308. The largest absolute Gasteiger partial charge is 0.460 e. The van der Waals surface area contributed by atoms with Crippen LogP contribution in [-0.4, -0.2) is 49.5 Å². The van der Waals surface area contributed by atoms with Gasteiger partial charge in [0.05, 0.1) is 18.2 Å². The maximum absolute atomic E-state index is 12.9. The number of allylic oxidation sites excluding steroid dienone is 1. The van der Waals surface area contributed by atoms with E-state index in [1.807, 2.05) is 6.92 Å². The topological polar surface area (TPSA) is 60.0 Å². The van der Waals surface area contributed by atoms with E-state index in [0.29, 0.717) is 28.5 Å². The van der Waals surface area contributed by atoms with Crippen molar-refractivity contribution in [2.75, 3.05) is 26.9 Å². The van der Waals surface area contributed by atoms with Crippen molar-refractivity contribution in [2.24, 2.45) is 0 Å². The number of ether oxygens (including phenoxy) is 3. The Balaban J connectivity index is 2.49. The molecule has 154 valence electrons. The minimum Gasteiger partial charge on any atom is -0.460 e. The van der Waals surface area contributed by atoms with Crippen LogP contribution in [-0.2, 0) is 14.3 Å². The average Bonchev–Trinajstić information content (AvgIpc) is 2.64. The van der Waals surface area contributed by atoms with E-state index in [1.165, 1.54) is 13.2 Å². The number of nitrogens with zero attached hydrogens (tertiary/aromatic N) is 1. The molecule has 1 N–H and O–H groups in total. The molecule has 1 atom stereocenters. The Morgan fingerprint density at radius 3 is 2.68 bits per heavy atom. The third-order valence-electron chi connectivity index (χ3n) is 4.23. The Bertz CT molecular complexity index is 742. The number of halogens is 2. The highest BCUT2D eigenvalue weighted by Crippen LogP contribution is 2.36. The summed E-state index contributed by atoms with van der Waals surface area (Å²) in [5.41, 5.74) is 1.28. The van der Waals surface area contributed by atoms with Crippen molar-refractivity contribution < 1.29 is 27.8 Å². The lowest BCUT2D eigenvalue weighted by Crippen LogP contribution is -2.48. The van der Waals surface area contributed by atoms with Crippen LogP contribution in [0.15, 0.2) is 35.5 Å². The Kier molecular flexibility index (Phi) is 8.13. The zero-order valence-electron chi connectivity index (χ0n) is 16.0. The first-order valence-corrected chi connectivity index (χ1v) is 9.30. The fraction of sp³-hybridized carbons (Fsp3) is 0.474. The van der Waals surface area contributed by atoms with Gasteiger partial charge in [-0.05, 0) is 31.6 Å². The first-order valence-electron chi connectivity index (χ1n) is 8.89. The molecule has 1 aliphatic rings. The summed E-state index contributed by atoms with van der Waals surface area (Å²) in [5.74, 6) is -0.598. The second kappa shape index (κ2) is 10.3. The Morgan fingerprint density at radius 1 is 1.32 bits per heavy atom. The summed E-state index contributed by atoms with van der Waals surface area (Å²) in [5, 5.41) is 3.48. The van der Waals surface area contributed by atoms with E-state index in [9.17, 15) is 13.6 Å². The van der Waals surface area contributed by atoms with Crippen LogP contribution in [0.1, 0.15) is 31.9 Å². The van der Waals surface area contributed by atoms with Crippen LogP contribution in [0.2, 0.25) is 0 Å². The molecule has 0 radical (unpaired) electrons. The quantitative estimate of drug-likeness (QED) is 0.378. The lowest BCUT2D eigenvalue weighted by molar-refractivity contribution is -0.140. The molecule has 1 aliphatic heterocycles. The van der Waals surface area contributed by atoms with Crippen molar-refractivity contribution in [3.63, 3.8) is 0 Å². The van der Waals surface area contributed by atoms with Gasteiger partial charge in [0.2, 0.25) is 0 Å². The number of hydrogen-bond donors (Lipinski definition) is 1. The fourth-order valence-corrected chi connectivity index (χ4v) is 3.34. The van der Waals surface area contributed by atoms with Crippen LogP contribution in [0.4, 0.5) is 8.78 Å². The standard InChI is InChI=1S/C19H24F2N2O4S/c1-4-9-23-12(2)15(17(24)26-11-10-25-3)16(22-19(23)28)13-7-5-6-8-14(13)27-18(20)21/h5-8,16,18H,4,9-11H2,1-3H3,(H,22,28)/t16-/m0/s1.